The van der Waals surface area contributed by atoms with Crippen molar-refractivity contribution in [3.8, 4) is 22.7 Å². The van der Waals surface area contributed by atoms with Crippen molar-refractivity contribution in [3.05, 3.63) is 185 Å². The van der Waals surface area contributed by atoms with Crippen molar-refractivity contribution in [3.63, 3.8) is 0 Å². The predicted molar refractivity (Wildman–Crippen MR) is 305 cm³/mol. The molecular formula is C67H77N4OPt-3. The molecule has 0 unspecified atom stereocenters. The van der Waals surface area contributed by atoms with Gasteiger partial charge in [0, 0.05) is 49.9 Å². The van der Waals surface area contributed by atoms with Gasteiger partial charge in [0.05, 0.1) is 6.61 Å². The van der Waals surface area contributed by atoms with Crippen LogP contribution in [-0.2, 0) is 62.2 Å². The topological polar surface area (TPSA) is 33.5 Å². The van der Waals surface area contributed by atoms with E-state index in [1.165, 1.54) is 55.6 Å². The Kier molecular flexibility index (Phi) is 15.4. The van der Waals surface area contributed by atoms with E-state index in [2.05, 4.69) is 245 Å². The van der Waals surface area contributed by atoms with Crippen LogP contribution in [0.3, 0.4) is 0 Å². The second-order valence-corrected chi connectivity index (χ2v) is 24.9. The van der Waals surface area contributed by atoms with E-state index in [0.717, 1.165) is 71.4 Å². The number of aromatic nitrogens is 2. The van der Waals surface area contributed by atoms with Gasteiger partial charge in [0.15, 0.2) is 0 Å². The number of hydrogen-bond donors (Lipinski definition) is 0. The van der Waals surface area contributed by atoms with E-state index in [-0.39, 0.29) is 42.7 Å². The van der Waals surface area contributed by atoms with Crippen LogP contribution in [0.2, 0.25) is 0 Å². The number of anilines is 3. The van der Waals surface area contributed by atoms with Crippen molar-refractivity contribution < 1.29 is 25.8 Å². The average molecular weight is 1150 g/mol. The zero-order chi connectivity index (χ0) is 51.3. The Balaban J connectivity index is 0.00000711. The summed E-state index contributed by atoms with van der Waals surface area (Å²) < 4.78 is 8.76. The summed E-state index contributed by atoms with van der Waals surface area (Å²) in [7, 11) is 0. The van der Waals surface area contributed by atoms with Gasteiger partial charge in [-0.05, 0) is 140 Å². The summed E-state index contributed by atoms with van der Waals surface area (Å²) in [6, 6.07) is 52.0. The first-order valence-electron chi connectivity index (χ1n) is 26.4. The molecule has 8 aromatic rings. The molecule has 6 heteroatoms. The standard InChI is InChI=1S/C67H77N4O.Pt/c1-45(2)34-47-36-52(67(12,13)14)40-58(48-37-50(65(6,7)8)39-51(38-48)66(9,10)11)55(47)24-19-20-33-69-44-70(61-28-18-17-27-60(61)69)53-23-21-22-46(35-53)43-72-54-29-30-57-56-25-15-16-26-59(56)71(62(57)42-54)63-41-49(31-32-68-63)64(3,4)5;/h15-18,21-23,25-32,36-41,44-45H,19-20,24,33-34,43H2,1-14H3;/q-3;. The number of benzene rings is 6. The zero-order valence-electron chi connectivity index (χ0n) is 46.0. The second kappa shape index (κ2) is 20.9. The Morgan fingerprint density at radius 2 is 1.27 bits per heavy atom. The van der Waals surface area contributed by atoms with Crippen molar-refractivity contribution in [2.75, 3.05) is 16.3 Å². The van der Waals surface area contributed by atoms with Crippen molar-refractivity contribution in [2.24, 2.45) is 5.92 Å². The number of para-hydroxylation sites is 3. The maximum Gasteiger partial charge on any atom is 0.135 e. The SMILES string of the molecule is CC(C)Cc1cc(C(C)(C)C)cc(-c2cc(C(C)(C)C)cc(C(C)(C)C)c2)c1CCCCN1[CH-]N(c2[c-]c(COc3[c-]c4c(cc3)c3ccccc3n4-c3cc(C(C)(C)C)ccn3)ccc2)c2ccccc21.[Pt]. The Hall–Kier alpha value is -5.64. The number of ether oxygens (including phenoxy) is 1. The van der Waals surface area contributed by atoms with Gasteiger partial charge in [0.25, 0.3) is 0 Å². The van der Waals surface area contributed by atoms with Crippen molar-refractivity contribution in [1.29, 1.82) is 0 Å². The van der Waals surface area contributed by atoms with Gasteiger partial charge in [-0.1, -0.05) is 163 Å². The van der Waals surface area contributed by atoms with Crippen molar-refractivity contribution >= 4 is 38.9 Å². The molecule has 0 saturated heterocycles. The number of rotatable bonds is 13. The number of fused-ring (bicyclic) bond motifs is 4. The van der Waals surface area contributed by atoms with Gasteiger partial charge in [0.1, 0.15) is 5.82 Å². The van der Waals surface area contributed by atoms with Crippen LogP contribution in [-0.4, -0.2) is 16.1 Å². The molecule has 384 valence electrons. The summed E-state index contributed by atoms with van der Waals surface area (Å²) in [5.41, 5.74) is 17.8. The number of hydrogen-bond acceptors (Lipinski definition) is 4. The molecular weight excluding hydrogens is 1070 g/mol. The minimum Gasteiger partial charge on any atom is -0.517 e. The smallest absolute Gasteiger partial charge is 0.135 e. The second-order valence-electron chi connectivity index (χ2n) is 24.9. The van der Waals surface area contributed by atoms with Gasteiger partial charge < -0.3 is 19.1 Å². The fourth-order valence-electron chi connectivity index (χ4n) is 10.2. The van der Waals surface area contributed by atoms with Gasteiger partial charge in [0.2, 0.25) is 0 Å². The quantitative estimate of drug-likeness (QED) is 0.0851. The normalized spacial score (nSPS) is 13.3. The molecule has 0 N–H and O–H groups in total. The maximum absolute atomic E-state index is 6.55. The molecule has 9 rings (SSSR count). The first-order valence-corrected chi connectivity index (χ1v) is 26.4. The molecule has 6 aromatic carbocycles. The van der Waals surface area contributed by atoms with E-state index in [9.17, 15) is 0 Å². The molecule has 0 amide bonds. The summed E-state index contributed by atoms with van der Waals surface area (Å²) in [6.45, 7) is 36.2. The number of pyridine rings is 1. The third kappa shape index (κ3) is 11.7. The van der Waals surface area contributed by atoms with Crippen LogP contribution < -0.4 is 14.5 Å². The summed E-state index contributed by atoms with van der Waals surface area (Å²) in [6.07, 6.45) is 6.17. The summed E-state index contributed by atoms with van der Waals surface area (Å²) in [4.78, 5) is 9.58. The maximum atomic E-state index is 6.55. The predicted octanol–water partition coefficient (Wildman–Crippen LogP) is 17.5. The molecule has 0 atom stereocenters. The summed E-state index contributed by atoms with van der Waals surface area (Å²) >= 11 is 0. The van der Waals surface area contributed by atoms with Crippen LogP contribution in [0.25, 0.3) is 38.8 Å². The Morgan fingerprint density at radius 1 is 0.616 bits per heavy atom. The molecule has 3 heterocycles. The molecule has 0 spiro atoms. The van der Waals surface area contributed by atoms with E-state index in [1.807, 2.05) is 12.3 Å². The van der Waals surface area contributed by atoms with Crippen LogP contribution >= 0.6 is 0 Å². The fraction of sp³-hybridized carbons (Fsp3) is 0.373. The molecule has 0 bridgehead atoms. The van der Waals surface area contributed by atoms with Crippen molar-refractivity contribution in [1.82, 2.24) is 9.55 Å². The molecule has 1 aliphatic heterocycles. The first kappa shape index (κ1) is 53.6. The molecule has 0 fully saturated rings. The molecule has 0 saturated carbocycles. The minimum absolute atomic E-state index is 0. The summed E-state index contributed by atoms with van der Waals surface area (Å²) in [5, 5.41) is 2.29. The van der Waals surface area contributed by atoms with Gasteiger partial charge >= 0.3 is 0 Å². The Labute approximate surface area is 452 Å². The van der Waals surface area contributed by atoms with Crippen molar-refractivity contribution in [2.45, 2.75) is 151 Å². The largest absolute Gasteiger partial charge is 0.517 e. The van der Waals surface area contributed by atoms with Gasteiger partial charge in [-0.3, -0.25) is 0 Å². The number of nitrogens with zero attached hydrogens (tertiary/aromatic N) is 4. The van der Waals surface area contributed by atoms with Crippen LogP contribution in [0, 0.1) is 24.7 Å². The number of unbranched alkanes of at least 4 members (excludes halogenated alkanes) is 1. The van der Waals surface area contributed by atoms with E-state index in [4.69, 9.17) is 9.72 Å². The van der Waals surface area contributed by atoms with E-state index in [1.54, 1.807) is 0 Å². The molecule has 0 aliphatic carbocycles. The Morgan fingerprint density at radius 3 is 1.96 bits per heavy atom. The zero-order valence-corrected chi connectivity index (χ0v) is 48.3. The third-order valence-corrected chi connectivity index (χ3v) is 14.5. The molecule has 5 nitrogen and oxygen atoms in total. The van der Waals surface area contributed by atoms with E-state index >= 15 is 0 Å². The first-order chi connectivity index (χ1) is 34.0. The van der Waals surface area contributed by atoms with Crippen LogP contribution in [0.15, 0.2) is 128 Å². The summed E-state index contributed by atoms with van der Waals surface area (Å²) in [5.74, 6) is 2.12. The molecule has 2 aromatic heterocycles. The minimum atomic E-state index is -0.00728. The van der Waals surface area contributed by atoms with Crippen LogP contribution in [0.5, 0.6) is 5.75 Å². The molecule has 73 heavy (non-hydrogen) atoms. The van der Waals surface area contributed by atoms with Gasteiger partial charge in [-0.2, -0.15) is 37.0 Å². The van der Waals surface area contributed by atoms with E-state index < -0.39 is 0 Å². The average Bonchev–Trinajstić information content (AvgIpc) is 3.86. The monoisotopic (exact) mass is 1150 g/mol. The van der Waals surface area contributed by atoms with Gasteiger partial charge in [-0.15, -0.1) is 28.8 Å². The molecule has 1 aliphatic rings. The van der Waals surface area contributed by atoms with Gasteiger partial charge in [-0.25, -0.2) is 4.98 Å². The van der Waals surface area contributed by atoms with Crippen LogP contribution in [0.4, 0.5) is 17.1 Å². The fourth-order valence-corrected chi connectivity index (χ4v) is 10.2. The van der Waals surface area contributed by atoms with Crippen LogP contribution in [0.1, 0.15) is 149 Å². The van der Waals surface area contributed by atoms with E-state index in [0.29, 0.717) is 18.3 Å². The molecule has 0 radical (unpaired) electrons. The Bertz CT molecular complexity index is 3210. The third-order valence-electron chi connectivity index (χ3n) is 14.5.